The fraction of sp³-hybridized carbons (Fsp3) is 0.889. The molecule has 0 aliphatic rings. The van der Waals surface area contributed by atoms with Gasteiger partial charge in [0, 0.05) is 5.54 Å². The van der Waals surface area contributed by atoms with Gasteiger partial charge in [0.2, 0.25) is 0 Å². The van der Waals surface area contributed by atoms with Crippen molar-refractivity contribution in [3.63, 3.8) is 0 Å². The summed E-state index contributed by atoms with van der Waals surface area (Å²) in [5.41, 5.74) is 5.13. The van der Waals surface area contributed by atoms with Crippen LogP contribution in [0.3, 0.4) is 0 Å². The van der Waals surface area contributed by atoms with Gasteiger partial charge in [0.25, 0.3) is 0 Å². The summed E-state index contributed by atoms with van der Waals surface area (Å²) in [5, 5.41) is 8.86. The van der Waals surface area contributed by atoms with Gasteiger partial charge in [-0.25, -0.2) is 0 Å². The van der Waals surface area contributed by atoms with Gasteiger partial charge in [-0.1, -0.05) is 19.8 Å². The maximum Gasteiger partial charge on any atom is 0.308 e. The second-order valence-electron chi connectivity index (χ2n) is 3.85. The molecule has 0 saturated heterocycles. The van der Waals surface area contributed by atoms with Crippen LogP contribution in [0.25, 0.3) is 0 Å². The van der Waals surface area contributed by atoms with Crippen LogP contribution >= 0.6 is 12.4 Å². The number of hydrogen-bond acceptors (Lipinski definition) is 2. The summed E-state index contributed by atoms with van der Waals surface area (Å²) in [6.45, 7) is 5.57. The molecule has 0 radical (unpaired) electrons. The van der Waals surface area contributed by atoms with Gasteiger partial charge >= 0.3 is 5.97 Å². The van der Waals surface area contributed by atoms with Crippen LogP contribution in [0.2, 0.25) is 0 Å². The van der Waals surface area contributed by atoms with Crippen molar-refractivity contribution in [1.82, 2.24) is 0 Å². The zero-order valence-corrected chi connectivity index (χ0v) is 9.36. The van der Waals surface area contributed by atoms with Crippen LogP contribution in [-0.2, 0) is 4.79 Å². The summed E-state index contributed by atoms with van der Waals surface area (Å²) in [5.74, 6) is -1.20. The molecular weight excluding hydrogens is 190 g/mol. The van der Waals surface area contributed by atoms with Crippen molar-refractivity contribution in [2.75, 3.05) is 0 Å². The summed E-state index contributed by atoms with van der Waals surface area (Å²) in [6.07, 6.45) is 2.62. The van der Waals surface area contributed by atoms with Gasteiger partial charge in [-0.3, -0.25) is 4.79 Å². The van der Waals surface area contributed by atoms with Gasteiger partial charge in [-0.15, -0.1) is 12.4 Å². The van der Waals surface area contributed by atoms with Gasteiger partial charge in [0.15, 0.2) is 0 Å². The molecule has 3 nitrogen and oxygen atoms in total. The largest absolute Gasteiger partial charge is 0.481 e. The Kier molecular flexibility index (Phi) is 7.27. The fourth-order valence-electron chi connectivity index (χ4n) is 1.22. The lowest BCUT2D eigenvalue weighted by atomic mass is 9.85. The highest BCUT2D eigenvalue weighted by molar-refractivity contribution is 5.85. The number of carboxylic acid groups (broad SMARTS) is 1. The Balaban J connectivity index is 0. The Labute approximate surface area is 86.1 Å². The SMILES string of the molecule is CCCCC(C(=O)O)C(C)(C)N.Cl. The average Bonchev–Trinajstić information content (AvgIpc) is 1.84. The first kappa shape index (κ1) is 15.2. The number of carbonyl (C=O) groups is 1. The summed E-state index contributed by atoms with van der Waals surface area (Å²) < 4.78 is 0. The molecule has 13 heavy (non-hydrogen) atoms. The molecule has 0 fully saturated rings. The van der Waals surface area contributed by atoms with Gasteiger partial charge in [-0.05, 0) is 20.3 Å². The number of carboxylic acids is 1. The fourth-order valence-corrected chi connectivity index (χ4v) is 1.22. The first-order valence-electron chi connectivity index (χ1n) is 4.41. The average molecular weight is 210 g/mol. The molecule has 0 rings (SSSR count). The van der Waals surface area contributed by atoms with E-state index < -0.39 is 17.4 Å². The Morgan fingerprint density at radius 3 is 2.23 bits per heavy atom. The smallest absolute Gasteiger partial charge is 0.308 e. The maximum absolute atomic E-state index is 10.8. The molecule has 0 aliphatic carbocycles. The minimum Gasteiger partial charge on any atom is -0.481 e. The molecule has 1 atom stereocenters. The lowest BCUT2D eigenvalue weighted by molar-refractivity contribution is -0.144. The van der Waals surface area contributed by atoms with Crippen molar-refractivity contribution in [2.45, 2.75) is 45.6 Å². The van der Waals surface area contributed by atoms with Crippen LogP contribution in [0, 0.1) is 5.92 Å². The van der Waals surface area contributed by atoms with Crippen molar-refractivity contribution < 1.29 is 9.90 Å². The van der Waals surface area contributed by atoms with Crippen LogP contribution in [0.5, 0.6) is 0 Å². The van der Waals surface area contributed by atoms with Gasteiger partial charge in [-0.2, -0.15) is 0 Å². The molecule has 80 valence electrons. The zero-order chi connectivity index (χ0) is 9.78. The predicted molar refractivity (Wildman–Crippen MR) is 56.2 cm³/mol. The molecule has 1 unspecified atom stereocenters. The van der Waals surface area contributed by atoms with Crippen LogP contribution in [0.15, 0.2) is 0 Å². The van der Waals surface area contributed by atoms with E-state index in [4.69, 9.17) is 10.8 Å². The Morgan fingerprint density at radius 1 is 1.54 bits per heavy atom. The number of hydrogen-bond donors (Lipinski definition) is 2. The third kappa shape index (κ3) is 5.88. The molecule has 0 aliphatic heterocycles. The quantitative estimate of drug-likeness (QED) is 0.729. The third-order valence-corrected chi connectivity index (χ3v) is 2.04. The molecule has 0 saturated carbocycles. The summed E-state index contributed by atoms with van der Waals surface area (Å²) in [4.78, 5) is 10.8. The van der Waals surface area contributed by atoms with Gasteiger partial charge in [0.1, 0.15) is 0 Å². The number of rotatable bonds is 5. The lowest BCUT2D eigenvalue weighted by Crippen LogP contribution is -2.44. The molecule has 0 aromatic rings. The van der Waals surface area contributed by atoms with Crippen LogP contribution in [0.1, 0.15) is 40.0 Å². The highest BCUT2D eigenvalue weighted by atomic mass is 35.5. The van der Waals surface area contributed by atoms with Crippen molar-refractivity contribution >= 4 is 18.4 Å². The first-order valence-corrected chi connectivity index (χ1v) is 4.41. The molecule has 0 spiro atoms. The summed E-state index contributed by atoms with van der Waals surface area (Å²) in [6, 6.07) is 0. The van der Waals surface area contributed by atoms with Crippen LogP contribution in [-0.4, -0.2) is 16.6 Å². The van der Waals surface area contributed by atoms with Crippen molar-refractivity contribution in [3.8, 4) is 0 Å². The minimum atomic E-state index is -0.782. The van der Waals surface area contributed by atoms with Gasteiger partial charge in [0.05, 0.1) is 5.92 Å². The lowest BCUT2D eigenvalue weighted by Gasteiger charge is -2.26. The summed E-state index contributed by atoms with van der Waals surface area (Å²) in [7, 11) is 0. The standard InChI is InChI=1S/C9H19NO2.ClH/c1-4-5-6-7(8(11)12)9(2,3)10;/h7H,4-6,10H2,1-3H3,(H,11,12);1H. The van der Waals surface area contributed by atoms with E-state index in [2.05, 4.69) is 0 Å². The van der Waals surface area contributed by atoms with Crippen LogP contribution < -0.4 is 5.73 Å². The minimum absolute atomic E-state index is 0. The molecule has 0 bridgehead atoms. The number of aliphatic carboxylic acids is 1. The molecular formula is C9H20ClNO2. The third-order valence-electron chi connectivity index (χ3n) is 2.04. The van der Waals surface area contributed by atoms with E-state index in [-0.39, 0.29) is 12.4 Å². The number of halogens is 1. The van der Waals surface area contributed by atoms with Gasteiger partial charge < -0.3 is 10.8 Å². The first-order chi connectivity index (χ1) is 5.39. The normalized spacial score (nSPS) is 13.2. The van der Waals surface area contributed by atoms with E-state index in [9.17, 15) is 4.79 Å². The van der Waals surface area contributed by atoms with Crippen molar-refractivity contribution in [2.24, 2.45) is 11.7 Å². The molecule has 3 N–H and O–H groups in total. The van der Waals surface area contributed by atoms with E-state index in [1.165, 1.54) is 0 Å². The Morgan fingerprint density at radius 2 is 2.00 bits per heavy atom. The van der Waals surface area contributed by atoms with Crippen LogP contribution in [0.4, 0.5) is 0 Å². The van der Waals surface area contributed by atoms with Crippen molar-refractivity contribution in [3.05, 3.63) is 0 Å². The van der Waals surface area contributed by atoms with E-state index in [0.717, 1.165) is 12.8 Å². The highest BCUT2D eigenvalue weighted by Gasteiger charge is 2.30. The van der Waals surface area contributed by atoms with E-state index in [0.29, 0.717) is 6.42 Å². The maximum atomic E-state index is 10.8. The monoisotopic (exact) mass is 209 g/mol. The molecule has 0 aromatic carbocycles. The second kappa shape index (κ2) is 6.22. The van der Waals surface area contributed by atoms with E-state index in [1.807, 2.05) is 6.92 Å². The Bertz CT molecular complexity index is 154. The van der Waals surface area contributed by atoms with E-state index in [1.54, 1.807) is 13.8 Å². The highest BCUT2D eigenvalue weighted by Crippen LogP contribution is 2.20. The Hall–Kier alpha value is -0.280. The molecule has 4 heteroatoms. The summed E-state index contributed by atoms with van der Waals surface area (Å²) >= 11 is 0. The zero-order valence-electron chi connectivity index (χ0n) is 8.54. The predicted octanol–water partition coefficient (Wildman–Crippen LogP) is 2.04. The molecule has 0 aromatic heterocycles. The number of nitrogens with two attached hydrogens (primary N) is 1. The van der Waals surface area contributed by atoms with Crippen molar-refractivity contribution in [1.29, 1.82) is 0 Å². The molecule has 0 amide bonds. The van der Waals surface area contributed by atoms with E-state index >= 15 is 0 Å². The number of unbranched alkanes of at least 4 members (excludes halogenated alkanes) is 1. The molecule has 0 heterocycles. The second-order valence-corrected chi connectivity index (χ2v) is 3.85. The topological polar surface area (TPSA) is 63.3 Å².